The van der Waals surface area contributed by atoms with E-state index < -0.39 is 0 Å². The predicted molar refractivity (Wildman–Crippen MR) is 47.8 cm³/mol. The van der Waals surface area contributed by atoms with Gasteiger partial charge in [0.2, 0.25) is 0 Å². The second-order valence-corrected chi connectivity index (χ2v) is 2.74. The Hall–Kier alpha value is -0.700. The molecule has 0 fully saturated rings. The van der Waals surface area contributed by atoms with Crippen LogP contribution in [0.4, 0.5) is 10.1 Å². The molecule has 1 aromatic carbocycles. The highest BCUT2D eigenvalue weighted by Gasteiger charge is 1.95. The zero-order valence-electron chi connectivity index (χ0n) is 6.26. The third kappa shape index (κ3) is 2.42. The lowest BCUT2D eigenvalue weighted by Gasteiger charge is -2.03. The molecule has 0 radical (unpaired) electrons. The highest BCUT2D eigenvalue weighted by Crippen LogP contribution is 2.16. The van der Waals surface area contributed by atoms with Crippen molar-refractivity contribution >= 4 is 18.3 Å². The van der Waals surface area contributed by atoms with Gasteiger partial charge in [0.25, 0.3) is 0 Å². The molecule has 0 aromatic heterocycles. The van der Waals surface area contributed by atoms with E-state index in [-0.39, 0.29) is 5.82 Å². The number of halogens is 1. The molecule has 0 spiro atoms. The van der Waals surface area contributed by atoms with Crippen LogP contribution in [0, 0.1) is 5.82 Å². The van der Waals surface area contributed by atoms with Gasteiger partial charge >= 0.3 is 0 Å². The average molecular weight is 171 g/mol. The van der Waals surface area contributed by atoms with E-state index in [4.69, 9.17) is 0 Å². The van der Waals surface area contributed by atoms with Crippen molar-refractivity contribution in [1.29, 1.82) is 0 Å². The van der Waals surface area contributed by atoms with Crippen LogP contribution >= 0.6 is 12.6 Å². The minimum Gasteiger partial charge on any atom is -0.385 e. The Morgan fingerprint density at radius 1 is 1.45 bits per heavy atom. The molecule has 11 heavy (non-hydrogen) atoms. The van der Waals surface area contributed by atoms with Crippen molar-refractivity contribution in [2.24, 2.45) is 0 Å². The zero-order valence-corrected chi connectivity index (χ0v) is 7.16. The van der Waals surface area contributed by atoms with E-state index in [1.165, 1.54) is 12.1 Å². The first-order valence-corrected chi connectivity index (χ1v) is 3.90. The molecule has 0 heterocycles. The van der Waals surface area contributed by atoms with Gasteiger partial charge in [0, 0.05) is 17.1 Å². The van der Waals surface area contributed by atoms with Gasteiger partial charge in [-0.15, -0.1) is 12.6 Å². The van der Waals surface area contributed by atoms with E-state index in [2.05, 4.69) is 17.9 Å². The molecule has 0 amide bonds. The van der Waals surface area contributed by atoms with Crippen molar-refractivity contribution in [2.45, 2.75) is 11.8 Å². The second kappa shape index (κ2) is 3.62. The average Bonchev–Trinajstić information content (AvgIpc) is 1.85. The number of anilines is 1. The smallest absolute Gasteiger partial charge is 0.126 e. The van der Waals surface area contributed by atoms with Gasteiger partial charge in [0.15, 0.2) is 0 Å². The van der Waals surface area contributed by atoms with Crippen molar-refractivity contribution in [1.82, 2.24) is 0 Å². The highest BCUT2D eigenvalue weighted by atomic mass is 32.1. The summed E-state index contributed by atoms with van der Waals surface area (Å²) in [7, 11) is 0. The van der Waals surface area contributed by atoms with Gasteiger partial charge in [-0.1, -0.05) is 0 Å². The third-order valence-electron chi connectivity index (χ3n) is 1.26. The Morgan fingerprint density at radius 3 is 2.73 bits per heavy atom. The molecule has 1 rings (SSSR count). The molecule has 0 aliphatic heterocycles. The van der Waals surface area contributed by atoms with E-state index in [0.717, 1.165) is 12.2 Å². The van der Waals surface area contributed by atoms with Crippen molar-refractivity contribution in [3.8, 4) is 0 Å². The van der Waals surface area contributed by atoms with Gasteiger partial charge < -0.3 is 5.32 Å². The molecule has 0 bridgehead atoms. The molecular weight excluding hydrogens is 161 g/mol. The molecular formula is C8H10FNS. The number of nitrogens with one attached hydrogen (secondary N) is 1. The summed E-state index contributed by atoms with van der Waals surface area (Å²) in [6, 6.07) is 4.61. The summed E-state index contributed by atoms with van der Waals surface area (Å²) in [5.41, 5.74) is 0.775. The Kier molecular flexibility index (Phi) is 2.76. The fourth-order valence-corrected chi connectivity index (χ4v) is 1.14. The van der Waals surface area contributed by atoms with E-state index >= 15 is 0 Å². The van der Waals surface area contributed by atoms with E-state index in [1.54, 1.807) is 6.07 Å². The maximum Gasteiger partial charge on any atom is 0.126 e. The predicted octanol–water partition coefficient (Wildman–Crippen LogP) is 2.55. The topological polar surface area (TPSA) is 12.0 Å². The van der Waals surface area contributed by atoms with Gasteiger partial charge in [-0.3, -0.25) is 0 Å². The van der Waals surface area contributed by atoms with Gasteiger partial charge in [-0.05, 0) is 25.1 Å². The van der Waals surface area contributed by atoms with Crippen molar-refractivity contribution in [3.05, 3.63) is 24.0 Å². The number of thiol groups is 1. The molecule has 1 aromatic rings. The third-order valence-corrected chi connectivity index (χ3v) is 1.52. The molecule has 0 saturated heterocycles. The van der Waals surface area contributed by atoms with Crippen molar-refractivity contribution < 1.29 is 4.39 Å². The molecule has 1 N–H and O–H groups in total. The lowest BCUT2D eigenvalue weighted by atomic mass is 10.3. The summed E-state index contributed by atoms with van der Waals surface area (Å²) in [5, 5.41) is 3.00. The summed E-state index contributed by atoms with van der Waals surface area (Å²) in [6.45, 7) is 2.75. The fourth-order valence-electron chi connectivity index (χ4n) is 0.880. The standard InChI is InChI=1S/C8H10FNS/c1-2-10-7-3-6(9)4-8(11)5-7/h3-5,10-11H,2H2,1H3. The van der Waals surface area contributed by atoms with Crippen LogP contribution in [0.5, 0.6) is 0 Å². The fraction of sp³-hybridized carbons (Fsp3) is 0.250. The van der Waals surface area contributed by atoms with Crippen molar-refractivity contribution in [2.75, 3.05) is 11.9 Å². The minimum atomic E-state index is -0.256. The second-order valence-electron chi connectivity index (χ2n) is 2.23. The molecule has 3 heteroatoms. The summed E-state index contributed by atoms with van der Waals surface area (Å²) in [4.78, 5) is 0.640. The number of benzene rings is 1. The van der Waals surface area contributed by atoms with Crippen LogP contribution in [-0.2, 0) is 0 Å². The van der Waals surface area contributed by atoms with E-state index in [9.17, 15) is 4.39 Å². The van der Waals surface area contributed by atoms with Gasteiger partial charge in [0.05, 0.1) is 0 Å². The zero-order chi connectivity index (χ0) is 8.27. The van der Waals surface area contributed by atoms with E-state index in [0.29, 0.717) is 4.90 Å². The van der Waals surface area contributed by atoms with Crippen LogP contribution in [0.25, 0.3) is 0 Å². The van der Waals surface area contributed by atoms with Crippen LogP contribution in [0.3, 0.4) is 0 Å². The van der Waals surface area contributed by atoms with Crippen LogP contribution in [0.15, 0.2) is 23.1 Å². The summed E-state index contributed by atoms with van der Waals surface area (Å²) >= 11 is 4.04. The maximum absolute atomic E-state index is 12.7. The lowest BCUT2D eigenvalue weighted by molar-refractivity contribution is 0.625. The Balaban J connectivity index is 2.89. The van der Waals surface area contributed by atoms with Gasteiger partial charge in [0.1, 0.15) is 5.82 Å². The number of hydrogen-bond donors (Lipinski definition) is 2. The highest BCUT2D eigenvalue weighted by molar-refractivity contribution is 7.80. The Labute approximate surface area is 71.0 Å². The van der Waals surface area contributed by atoms with E-state index in [1.807, 2.05) is 6.92 Å². The monoisotopic (exact) mass is 171 g/mol. The quantitative estimate of drug-likeness (QED) is 0.652. The first-order valence-electron chi connectivity index (χ1n) is 3.46. The molecule has 0 saturated carbocycles. The molecule has 0 aliphatic carbocycles. The molecule has 0 unspecified atom stereocenters. The summed E-state index contributed by atoms with van der Waals surface area (Å²) < 4.78 is 12.7. The van der Waals surface area contributed by atoms with Crippen LogP contribution in [0.1, 0.15) is 6.92 Å². The molecule has 1 nitrogen and oxygen atoms in total. The summed E-state index contributed by atoms with van der Waals surface area (Å²) in [5.74, 6) is -0.256. The maximum atomic E-state index is 12.7. The van der Waals surface area contributed by atoms with Crippen LogP contribution in [0.2, 0.25) is 0 Å². The lowest BCUT2D eigenvalue weighted by Crippen LogP contribution is -1.96. The first kappa shape index (κ1) is 8.40. The molecule has 0 atom stereocenters. The van der Waals surface area contributed by atoms with Crippen LogP contribution in [-0.4, -0.2) is 6.54 Å². The minimum absolute atomic E-state index is 0.256. The molecule has 0 aliphatic rings. The number of rotatable bonds is 2. The number of hydrogen-bond acceptors (Lipinski definition) is 2. The Morgan fingerprint density at radius 2 is 2.18 bits per heavy atom. The van der Waals surface area contributed by atoms with Gasteiger partial charge in [-0.2, -0.15) is 0 Å². The summed E-state index contributed by atoms with van der Waals surface area (Å²) in [6.07, 6.45) is 0. The first-order chi connectivity index (χ1) is 5.22. The van der Waals surface area contributed by atoms with Gasteiger partial charge in [-0.25, -0.2) is 4.39 Å². The van der Waals surface area contributed by atoms with Crippen molar-refractivity contribution in [3.63, 3.8) is 0 Å². The normalized spacial score (nSPS) is 9.73. The molecule has 60 valence electrons. The SMILES string of the molecule is CCNc1cc(F)cc(S)c1. The Bertz CT molecular complexity index is 230. The largest absolute Gasteiger partial charge is 0.385 e. The van der Waals surface area contributed by atoms with Crippen LogP contribution < -0.4 is 5.32 Å².